The first kappa shape index (κ1) is 13.2. The molecule has 3 rings (SSSR count). The maximum atomic E-state index is 13.5. The first-order valence-corrected chi connectivity index (χ1v) is 6.67. The van der Waals surface area contributed by atoms with E-state index in [0.717, 1.165) is 5.56 Å². The van der Waals surface area contributed by atoms with Crippen LogP contribution in [-0.2, 0) is 0 Å². The van der Waals surface area contributed by atoms with Crippen molar-refractivity contribution in [1.29, 1.82) is 0 Å². The van der Waals surface area contributed by atoms with Crippen LogP contribution in [0.2, 0.25) is 5.02 Å². The Morgan fingerprint density at radius 1 is 1.10 bits per heavy atom. The summed E-state index contributed by atoms with van der Waals surface area (Å²) in [6, 6.07) is 9.76. The van der Waals surface area contributed by atoms with Crippen molar-refractivity contribution >= 4 is 34.2 Å². The van der Waals surface area contributed by atoms with Crippen molar-refractivity contribution in [3.05, 3.63) is 68.8 Å². The molecule has 1 unspecified atom stereocenters. The minimum atomic E-state index is -0.596. The summed E-state index contributed by atoms with van der Waals surface area (Å²) >= 11 is 12.3. The molecule has 0 amide bonds. The quantitative estimate of drug-likeness (QED) is 0.691. The average Bonchev–Trinajstić information content (AvgIpc) is 2.80. The van der Waals surface area contributed by atoms with Gasteiger partial charge >= 0.3 is 5.69 Å². The molecule has 6 heteroatoms. The third-order valence-corrected chi connectivity index (χ3v) is 3.97. The minimum absolute atomic E-state index is 0.00941. The zero-order valence-electron chi connectivity index (χ0n) is 10.1. The van der Waals surface area contributed by atoms with Crippen LogP contribution in [-0.4, -0.2) is 9.97 Å². The third kappa shape index (κ3) is 2.21. The molecule has 102 valence electrons. The molecule has 1 aromatic heterocycles. The van der Waals surface area contributed by atoms with Crippen LogP contribution in [0.4, 0.5) is 4.39 Å². The molecule has 0 aliphatic heterocycles. The molecule has 3 nitrogen and oxygen atoms in total. The fourth-order valence-electron chi connectivity index (χ4n) is 2.10. The van der Waals surface area contributed by atoms with Gasteiger partial charge in [0.1, 0.15) is 5.82 Å². The van der Waals surface area contributed by atoms with Crippen LogP contribution < -0.4 is 5.69 Å². The topological polar surface area (TPSA) is 48.6 Å². The summed E-state index contributed by atoms with van der Waals surface area (Å²) in [6.45, 7) is 0. The summed E-state index contributed by atoms with van der Waals surface area (Å²) in [5, 5.41) is -0.587. The molecule has 0 saturated heterocycles. The second kappa shape index (κ2) is 4.96. The Balaban J connectivity index is 2.09. The summed E-state index contributed by atoms with van der Waals surface area (Å²) in [5.74, 6) is -0.508. The van der Waals surface area contributed by atoms with Gasteiger partial charge < -0.3 is 9.97 Å². The van der Waals surface area contributed by atoms with Crippen molar-refractivity contribution in [2.24, 2.45) is 0 Å². The fourth-order valence-corrected chi connectivity index (χ4v) is 2.71. The summed E-state index contributed by atoms with van der Waals surface area (Å²) < 4.78 is 13.5. The molecule has 0 fully saturated rings. The molecule has 0 aliphatic rings. The lowest BCUT2D eigenvalue weighted by Gasteiger charge is -2.12. The normalized spacial score (nSPS) is 12.8. The Bertz CT molecular complexity index is 841. The molecule has 0 saturated carbocycles. The van der Waals surface area contributed by atoms with Crippen LogP contribution >= 0.6 is 23.2 Å². The largest absolute Gasteiger partial charge is 0.323 e. The molecule has 2 N–H and O–H groups in total. The summed E-state index contributed by atoms with van der Waals surface area (Å²) in [6.07, 6.45) is 0. The van der Waals surface area contributed by atoms with Gasteiger partial charge in [0.15, 0.2) is 0 Å². The number of halogens is 3. The monoisotopic (exact) mass is 310 g/mol. The lowest BCUT2D eigenvalue weighted by Crippen LogP contribution is -1.99. The number of hydrogen-bond donors (Lipinski definition) is 2. The van der Waals surface area contributed by atoms with Crippen molar-refractivity contribution in [3.8, 4) is 0 Å². The lowest BCUT2D eigenvalue weighted by molar-refractivity contribution is 0.626. The van der Waals surface area contributed by atoms with Crippen molar-refractivity contribution in [2.45, 2.75) is 5.38 Å². The van der Waals surface area contributed by atoms with Gasteiger partial charge in [-0.15, -0.1) is 11.6 Å². The summed E-state index contributed by atoms with van der Waals surface area (Å²) in [7, 11) is 0. The van der Waals surface area contributed by atoms with Gasteiger partial charge in [0.25, 0.3) is 0 Å². The Hall–Kier alpha value is -1.78. The van der Waals surface area contributed by atoms with Crippen LogP contribution in [0.1, 0.15) is 16.5 Å². The number of aromatic amines is 2. The Morgan fingerprint density at radius 3 is 2.65 bits per heavy atom. The van der Waals surface area contributed by atoms with E-state index in [4.69, 9.17) is 23.2 Å². The van der Waals surface area contributed by atoms with E-state index >= 15 is 0 Å². The Kier molecular flexibility index (Phi) is 3.28. The van der Waals surface area contributed by atoms with Gasteiger partial charge in [0.2, 0.25) is 0 Å². The lowest BCUT2D eigenvalue weighted by atomic mass is 10.0. The molecule has 2 aromatic carbocycles. The molecule has 3 aromatic rings. The van der Waals surface area contributed by atoms with Gasteiger partial charge in [0, 0.05) is 0 Å². The van der Waals surface area contributed by atoms with E-state index in [-0.39, 0.29) is 10.7 Å². The number of nitrogens with one attached hydrogen (secondary N) is 2. The van der Waals surface area contributed by atoms with E-state index in [1.54, 1.807) is 30.3 Å². The van der Waals surface area contributed by atoms with Gasteiger partial charge in [-0.1, -0.05) is 29.8 Å². The Labute approximate surface area is 123 Å². The minimum Gasteiger partial charge on any atom is -0.306 e. The average molecular weight is 311 g/mol. The van der Waals surface area contributed by atoms with Crippen LogP contribution in [0.3, 0.4) is 0 Å². The van der Waals surface area contributed by atoms with Gasteiger partial charge in [0.05, 0.1) is 21.4 Å². The zero-order valence-corrected chi connectivity index (χ0v) is 11.6. The summed E-state index contributed by atoms with van der Waals surface area (Å²) in [4.78, 5) is 16.5. The molecule has 1 heterocycles. The van der Waals surface area contributed by atoms with Crippen LogP contribution in [0.15, 0.2) is 41.2 Å². The van der Waals surface area contributed by atoms with Gasteiger partial charge in [-0.05, 0) is 29.3 Å². The van der Waals surface area contributed by atoms with Crippen LogP contribution in [0.5, 0.6) is 0 Å². The highest BCUT2D eigenvalue weighted by atomic mass is 35.5. The van der Waals surface area contributed by atoms with Crippen LogP contribution in [0, 0.1) is 5.82 Å². The standard InChI is InChI=1S/C14H9Cl2FN2O/c15-12(8-2-1-3-9(17)13(8)16)7-4-5-10-11(6-7)19-14(20)18-10/h1-6,12H,(H2,18,19,20). The molecule has 20 heavy (non-hydrogen) atoms. The van der Waals surface area contributed by atoms with Gasteiger partial charge in [-0.25, -0.2) is 9.18 Å². The predicted molar refractivity (Wildman–Crippen MR) is 78.0 cm³/mol. The predicted octanol–water partition coefficient (Wildman–Crippen LogP) is 3.98. The van der Waals surface area contributed by atoms with E-state index in [1.165, 1.54) is 6.07 Å². The zero-order chi connectivity index (χ0) is 14.3. The second-order valence-electron chi connectivity index (χ2n) is 4.39. The number of imidazole rings is 1. The maximum absolute atomic E-state index is 13.5. The number of fused-ring (bicyclic) bond motifs is 1. The van der Waals surface area contributed by atoms with E-state index in [2.05, 4.69) is 9.97 Å². The van der Waals surface area contributed by atoms with E-state index in [9.17, 15) is 9.18 Å². The second-order valence-corrected chi connectivity index (χ2v) is 5.20. The highest BCUT2D eigenvalue weighted by Crippen LogP contribution is 2.35. The highest BCUT2D eigenvalue weighted by molar-refractivity contribution is 6.33. The number of aromatic nitrogens is 2. The SMILES string of the molecule is O=c1[nH]c2ccc(C(Cl)c3cccc(F)c3Cl)cc2[nH]1. The van der Waals surface area contributed by atoms with E-state index < -0.39 is 11.2 Å². The van der Waals surface area contributed by atoms with Gasteiger partial charge in [-0.2, -0.15) is 0 Å². The molecule has 0 spiro atoms. The van der Waals surface area contributed by atoms with Crippen molar-refractivity contribution < 1.29 is 4.39 Å². The molecule has 1 atom stereocenters. The van der Waals surface area contributed by atoms with E-state index in [1.807, 2.05) is 0 Å². The highest BCUT2D eigenvalue weighted by Gasteiger charge is 2.17. The Morgan fingerprint density at radius 2 is 1.85 bits per heavy atom. The molecular weight excluding hydrogens is 302 g/mol. The van der Waals surface area contributed by atoms with E-state index in [0.29, 0.717) is 16.6 Å². The number of hydrogen-bond acceptors (Lipinski definition) is 1. The summed E-state index contributed by atoms with van der Waals surface area (Å²) in [5.41, 5.74) is 2.26. The van der Waals surface area contributed by atoms with Crippen LogP contribution in [0.25, 0.3) is 11.0 Å². The molecular formula is C14H9Cl2FN2O. The number of rotatable bonds is 2. The third-order valence-electron chi connectivity index (χ3n) is 3.09. The smallest absolute Gasteiger partial charge is 0.306 e. The van der Waals surface area contributed by atoms with Crippen molar-refractivity contribution in [2.75, 3.05) is 0 Å². The number of benzene rings is 2. The fraction of sp³-hybridized carbons (Fsp3) is 0.0714. The number of alkyl halides is 1. The molecule has 0 aliphatic carbocycles. The van der Waals surface area contributed by atoms with Gasteiger partial charge in [-0.3, -0.25) is 0 Å². The first-order chi connectivity index (χ1) is 9.56. The molecule has 0 radical (unpaired) electrons. The molecule has 0 bridgehead atoms. The van der Waals surface area contributed by atoms with Crippen molar-refractivity contribution in [1.82, 2.24) is 9.97 Å². The van der Waals surface area contributed by atoms with Crippen molar-refractivity contribution in [3.63, 3.8) is 0 Å². The first-order valence-electron chi connectivity index (χ1n) is 5.86. The number of H-pyrrole nitrogens is 2. The maximum Gasteiger partial charge on any atom is 0.323 e.